The molecule has 0 aromatic carbocycles. The topological polar surface area (TPSA) is 663 Å². The molecule has 11 amide bonds. The van der Waals surface area contributed by atoms with Gasteiger partial charge >= 0.3 is 5.97 Å². The van der Waals surface area contributed by atoms with E-state index in [2.05, 4.69) is 67.8 Å². The highest BCUT2D eigenvalue weighted by molar-refractivity contribution is 5.99. The first kappa shape index (κ1) is 72.7. The standard InChI is InChI=1S/C45H83N23O14/c1-21(61-36(77)27(12-13-29(46)70)65-38(79)26(11-7-19-60-45(54)55)66-41(82)33(22(2)69)68-31(72)14-15-32(73)74)34(75)62-24(9-5-17-58-43(50)51)37(78)64-25(10-6-18-59-44(52)53)39(80)67-28(20-30(47)71)40(81)63-23(35(76)56-3)8-4-16-57-42(48)49/h21-28,33,69H,4-20H2,1-3H3,(H2,46,70)(H2,47,71)(H,56,76)(H,61,77)(H,62,75)(H,63,81)(H,64,78)(H,65,79)(H,66,82)(H,67,80)(H,68,72)(H,73,74)(H4,48,49,57)(H4,50,51,58)(H4,52,53,59)(H4,54,55,60)/t21-,22?,23-,24-,25-,26-,27-,28-,33-/m0/s1. The van der Waals surface area contributed by atoms with E-state index in [-0.39, 0.29) is 101 Å². The molecule has 0 aromatic heterocycles. The van der Waals surface area contributed by atoms with Crippen LogP contribution in [0.1, 0.15) is 97.3 Å². The fourth-order valence-corrected chi connectivity index (χ4v) is 7.13. The number of carbonyl (C=O) groups is 12. The molecule has 37 nitrogen and oxygen atoms in total. The van der Waals surface area contributed by atoms with Gasteiger partial charge in [-0.05, 0) is 71.6 Å². The number of nitrogens with one attached hydrogen (secondary N) is 9. The number of rotatable bonds is 41. The summed E-state index contributed by atoms with van der Waals surface area (Å²) in [6.45, 7) is 2.23. The van der Waals surface area contributed by atoms with Crippen LogP contribution in [0.2, 0.25) is 0 Å². The summed E-state index contributed by atoms with van der Waals surface area (Å²) < 4.78 is 0. The second kappa shape index (κ2) is 39.1. The van der Waals surface area contributed by atoms with Crippen molar-refractivity contribution >= 4 is 94.8 Å². The summed E-state index contributed by atoms with van der Waals surface area (Å²) in [5.41, 5.74) is 54.2. The zero-order valence-electron chi connectivity index (χ0n) is 46.1. The van der Waals surface area contributed by atoms with Gasteiger partial charge in [-0.1, -0.05) is 0 Å². The molecule has 462 valence electrons. The van der Waals surface area contributed by atoms with Crippen LogP contribution in [0.4, 0.5) is 0 Å². The van der Waals surface area contributed by atoms with Crippen LogP contribution in [0.25, 0.3) is 0 Å². The summed E-state index contributed by atoms with van der Waals surface area (Å²) in [7, 11) is 1.31. The molecule has 31 N–H and O–H groups in total. The van der Waals surface area contributed by atoms with E-state index in [1.165, 1.54) is 14.0 Å². The van der Waals surface area contributed by atoms with E-state index < -0.39 is 157 Å². The molecule has 0 aromatic rings. The predicted molar refractivity (Wildman–Crippen MR) is 296 cm³/mol. The minimum Gasteiger partial charge on any atom is -0.481 e. The van der Waals surface area contributed by atoms with E-state index >= 15 is 0 Å². The van der Waals surface area contributed by atoms with Crippen molar-refractivity contribution in [2.24, 2.45) is 77.3 Å². The number of carboxylic acid groups (broad SMARTS) is 1. The Labute approximate surface area is 471 Å². The molecule has 0 heterocycles. The van der Waals surface area contributed by atoms with Crippen LogP contribution in [0.5, 0.6) is 0 Å². The number of nitrogens with two attached hydrogens (primary N) is 10. The summed E-state index contributed by atoms with van der Waals surface area (Å²) in [6, 6.07) is -12.4. The first-order valence-corrected chi connectivity index (χ1v) is 25.7. The molecule has 0 saturated carbocycles. The van der Waals surface area contributed by atoms with Gasteiger partial charge < -0.3 is 115 Å². The Morgan fingerprint density at radius 3 is 1.06 bits per heavy atom. The average Bonchev–Trinajstić information content (AvgIpc) is 3.42. The number of nitrogens with zero attached hydrogens (tertiary/aromatic N) is 4. The quantitative estimate of drug-likeness (QED) is 0.0154. The van der Waals surface area contributed by atoms with Crippen LogP contribution in [-0.4, -0.2) is 193 Å². The Kier molecular flexibility index (Phi) is 34.7. The number of primary amides is 2. The number of amides is 11. The highest BCUT2D eigenvalue weighted by Gasteiger charge is 2.35. The van der Waals surface area contributed by atoms with Gasteiger partial charge in [0.2, 0.25) is 65.0 Å². The number of aliphatic hydroxyl groups is 1. The molecular weight excluding hydrogens is 1090 g/mol. The van der Waals surface area contributed by atoms with Gasteiger partial charge in [-0.15, -0.1) is 0 Å². The van der Waals surface area contributed by atoms with E-state index in [0.29, 0.717) is 0 Å². The fourth-order valence-electron chi connectivity index (χ4n) is 7.13. The number of aliphatic imine (C=N–C) groups is 4. The number of aliphatic carboxylic acids is 1. The molecule has 0 aliphatic rings. The molecule has 0 aliphatic carbocycles. The minimum absolute atomic E-state index is 0.0109. The summed E-state index contributed by atoms with van der Waals surface area (Å²) in [6.07, 6.45) is -4.85. The molecule has 0 aliphatic heterocycles. The largest absolute Gasteiger partial charge is 0.481 e. The first-order valence-electron chi connectivity index (χ1n) is 25.7. The number of aliphatic hydroxyl groups excluding tert-OH is 1. The maximum absolute atomic E-state index is 14.2. The number of hydrogen-bond donors (Lipinski definition) is 21. The van der Waals surface area contributed by atoms with Crippen molar-refractivity contribution in [2.75, 3.05) is 33.2 Å². The maximum atomic E-state index is 14.2. The molecule has 0 saturated heterocycles. The molecule has 0 rings (SSSR count). The lowest BCUT2D eigenvalue weighted by Crippen LogP contribution is -2.60. The van der Waals surface area contributed by atoms with Crippen molar-refractivity contribution in [1.29, 1.82) is 0 Å². The molecule has 0 bridgehead atoms. The number of carboxylic acids is 1. The smallest absolute Gasteiger partial charge is 0.303 e. The molecule has 9 atom stereocenters. The lowest BCUT2D eigenvalue weighted by molar-refractivity contribution is -0.139. The Morgan fingerprint density at radius 1 is 0.390 bits per heavy atom. The molecule has 82 heavy (non-hydrogen) atoms. The summed E-state index contributed by atoms with van der Waals surface area (Å²) in [5.74, 6) is -13.3. The Bertz CT molecular complexity index is 2320. The molecule has 0 fully saturated rings. The zero-order valence-corrected chi connectivity index (χ0v) is 46.1. The molecular formula is C45H83N23O14. The van der Waals surface area contributed by atoms with E-state index in [0.717, 1.165) is 6.92 Å². The van der Waals surface area contributed by atoms with Gasteiger partial charge in [-0.2, -0.15) is 0 Å². The molecule has 1 unspecified atom stereocenters. The Hall–Kier alpha value is -9.32. The maximum Gasteiger partial charge on any atom is 0.303 e. The van der Waals surface area contributed by atoms with Crippen LogP contribution in [-0.2, 0) is 57.5 Å². The van der Waals surface area contributed by atoms with Crippen LogP contribution >= 0.6 is 0 Å². The number of likely N-dealkylation sites (N-methyl/N-ethyl adjacent to an activating group) is 1. The zero-order chi connectivity index (χ0) is 62.6. The average molecular weight is 1170 g/mol. The van der Waals surface area contributed by atoms with Crippen molar-refractivity contribution in [3.63, 3.8) is 0 Å². The van der Waals surface area contributed by atoms with Gasteiger partial charge in [0, 0.05) is 46.1 Å². The highest BCUT2D eigenvalue weighted by atomic mass is 16.4. The monoisotopic (exact) mass is 1170 g/mol. The van der Waals surface area contributed by atoms with Crippen LogP contribution in [0.15, 0.2) is 20.0 Å². The summed E-state index contributed by atoms with van der Waals surface area (Å²) in [4.78, 5) is 173. The normalized spacial score (nSPS) is 13.9. The van der Waals surface area contributed by atoms with Crippen LogP contribution in [0, 0.1) is 0 Å². The van der Waals surface area contributed by atoms with Gasteiger partial charge in [-0.3, -0.25) is 77.5 Å². The molecule has 37 heteroatoms. The van der Waals surface area contributed by atoms with E-state index in [1.54, 1.807) is 0 Å². The highest BCUT2D eigenvalue weighted by Crippen LogP contribution is 2.09. The summed E-state index contributed by atoms with van der Waals surface area (Å²) >= 11 is 0. The molecule has 0 radical (unpaired) electrons. The predicted octanol–water partition coefficient (Wildman–Crippen LogP) is -10.8. The Balaban J connectivity index is 6.90. The van der Waals surface area contributed by atoms with Crippen molar-refractivity contribution in [3.05, 3.63) is 0 Å². The van der Waals surface area contributed by atoms with E-state index in [4.69, 9.17) is 62.4 Å². The Morgan fingerprint density at radius 2 is 0.720 bits per heavy atom. The second-order valence-electron chi connectivity index (χ2n) is 18.4. The SMILES string of the molecule is CNC(=O)[C@H](CCCN=C(N)N)NC(=O)[C@H](CC(N)=O)NC(=O)[C@H](CCCN=C(N)N)NC(=O)[C@H](CCCN=C(N)N)NC(=O)[C@H](C)NC(=O)[C@H](CCC(N)=O)NC(=O)[C@H](CCCN=C(N)N)NC(=O)[C@@H](NC(=O)CCC(=O)O)C(C)O. The number of carbonyl (C=O) groups excluding carboxylic acids is 11. The van der Waals surface area contributed by atoms with Gasteiger partial charge in [0.15, 0.2) is 23.8 Å². The van der Waals surface area contributed by atoms with Crippen molar-refractivity contribution < 1.29 is 67.7 Å². The van der Waals surface area contributed by atoms with Gasteiger partial charge in [-0.25, -0.2) is 0 Å². The van der Waals surface area contributed by atoms with Crippen molar-refractivity contribution in [1.82, 2.24) is 47.9 Å². The van der Waals surface area contributed by atoms with Gasteiger partial charge in [0.05, 0.1) is 18.9 Å². The van der Waals surface area contributed by atoms with E-state index in [9.17, 15) is 62.6 Å². The van der Waals surface area contributed by atoms with Crippen molar-refractivity contribution in [2.45, 2.75) is 152 Å². The second-order valence-corrected chi connectivity index (χ2v) is 18.4. The first-order chi connectivity index (χ1) is 38.4. The number of hydrogen-bond acceptors (Lipinski definition) is 17. The number of guanidine groups is 4. The third-order valence-electron chi connectivity index (χ3n) is 11.3. The van der Waals surface area contributed by atoms with Crippen LogP contribution < -0.4 is 105 Å². The minimum atomic E-state index is -1.71. The van der Waals surface area contributed by atoms with E-state index in [1.807, 2.05) is 0 Å². The van der Waals surface area contributed by atoms with Gasteiger partial charge in [0.1, 0.15) is 48.3 Å². The van der Waals surface area contributed by atoms with Crippen LogP contribution in [0.3, 0.4) is 0 Å². The third kappa shape index (κ3) is 32.5. The summed E-state index contributed by atoms with van der Waals surface area (Å²) in [5, 5.41) is 40.8. The molecule has 0 spiro atoms. The van der Waals surface area contributed by atoms with Gasteiger partial charge in [0.25, 0.3) is 0 Å². The van der Waals surface area contributed by atoms with Crippen molar-refractivity contribution in [3.8, 4) is 0 Å². The lowest BCUT2D eigenvalue weighted by Gasteiger charge is -2.27. The lowest BCUT2D eigenvalue weighted by atomic mass is 10.0. The third-order valence-corrected chi connectivity index (χ3v) is 11.3. The fraction of sp³-hybridized carbons (Fsp3) is 0.644.